The number of anilines is 1. The molecule has 2 saturated heterocycles. The lowest BCUT2D eigenvalue weighted by atomic mass is 10.1. The number of likely N-dealkylation sites (N-methyl/N-ethyl adjacent to an activating group) is 1. The molecule has 132 valence electrons. The van der Waals surface area contributed by atoms with Gasteiger partial charge in [-0.1, -0.05) is 0 Å². The Hall–Kier alpha value is -2.64. The van der Waals surface area contributed by atoms with Gasteiger partial charge in [-0.3, -0.25) is 0 Å². The highest BCUT2D eigenvalue weighted by Crippen LogP contribution is 2.24. The Bertz CT molecular complexity index is 688. The summed E-state index contributed by atoms with van der Waals surface area (Å²) in [7, 11) is 2.02. The minimum atomic E-state index is 0.145. The van der Waals surface area contributed by atoms with Crippen molar-refractivity contribution in [3.05, 3.63) is 29.3 Å². The van der Waals surface area contributed by atoms with Crippen LogP contribution in [-0.4, -0.2) is 50.7 Å². The monoisotopic (exact) mass is 340 g/mol. The minimum absolute atomic E-state index is 0.145. The van der Waals surface area contributed by atoms with Crippen LogP contribution in [0.3, 0.4) is 0 Å². The van der Waals surface area contributed by atoms with E-state index < -0.39 is 0 Å². The first-order valence-corrected chi connectivity index (χ1v) is 8.77. The van der Waals surface area contributed by atoms with E-state index in [0.717, 1.165) is 45.0 Å². The summed E-state index contributed by atoms with van der Waals surface area (Å²) in [6, 6.07) is 6.52. The summed E-state index contributed by atoms with van der Waals surface area (Å²) >= 11 is 0. The number of rotatable bonds is 6. The Morgan fingerprint density at radius 1 is 1.40 bits per heavy atom. The van der Waals surface area contributed by atoms with Crippen molar-refractivity contribution in [1.82, 2.24) is 15.5 Å². The average molecular weight is 340 g/mol. The van der Waals surface area contributed by atoms with Gasteiger partial charge in [-0.15, -0.1) is 0 Å². The van der Waals surface area contributed by atoms with Crippen LogP contribution in [0.15, 0.2) is 28.1 Å². The molecular weight excluding hydrogens is 316 g/mol. The van der Waals surface area contributed by atoms with E-state index in [1.54, 1.807) is 6.26 Å². The molecule has 0 aromatic carbocycles. The molecule has 7 nitrogen and oxygen atoms in total. The second-order valence-corrected chi connectivity index (χ2v) is 6.53. The Kier molecular flexibility index (Phi) is 5.47. The number of nitrogens with one attached hydrogen (secondary N) is 2. The van der Waals surface area contributed by atoms with Crippen molar-refractivity contribution in [2.45, 2.75) is 25.3 Å². The van der Waals surface area contributed by atoms with Gasteiger partial charge in [0.05, 0.1) is 6.26 Å². The summed E-state index contributed by atoms with van der Waals surface area (Å²) < 4.78 is 5.72. The van der Waals surface area contributed by atoms with Gasteiger partial charge >= 0.3 is 0 Å². The molecule has 3 heterocycles. The van der Waals surface area contributed by atoms with Crippen LogP contribution in [0.5, 0.6) is 0 Å². The number of nitriles is 2. The molecule has 2 fully saturated rings. The van der Waals surface area contributed by atoms with E-state index in [2.05, 4.69) is 26.5 Å². The Balaban J connectivity index is 1.61. The third-order valence-corrected chi connectivity index (χ3v) is 4.86. The lowest BCUT2D eigenvalue weighted by Gasteiger charge is -2.24. The summed E-state index contributed by atoms with van der Waals surface area (Å²) in [4.78, 5) is 4.16. The maximum atomic E-state index is 9.08. The van der Waals surface area contributed by atoms with Gasteiger partial charge in [0.25, 0.3) is 0 Å². The first-order chi connectivity index (χ1) is 12.2. The fourth-order valence-electron chi connectivity index (χ4n) is 3.52. The molecule has 0 spiro atoms. The average Bonchev–Trinajstić information content (AvgIpc) is 3.36. The molecular formula is C18H24N6O. The van der Waals surface area contributed by atoms with Gasteiger partial charge in [-0.2, -0.15) is 10.5 Å². The lowest BCUT2D eigenvalue weighted by Crippen LogP contribution is -2.32. The zero-order chi connectivity index (χ0) is 17.6. The molecule has 25 heavy (non-hydrogen) atoms. The van der Waals surface area contributed by atoms with Crippen molar-refractivity contribution in [2.75, 3.05) is 44.7 Å². The second kappa shape index (κ2) is 7.96. The van der Waals surface area contributed by atoms with Crippen molar-refractivity contribution in [2.24, 2.45) is 0 Å². The van der Waals surface area contributed by atoms with Gasteiger partial charge in [0, 0.05) is 44.8 Å². The first kappa shape index (κ1) is 17.2. The largest absolute Gasteiger partial charge is 0.449 e. The molecule has 1 aromatic heterocycles. The van der Waals surface area contributed by atoms with Crippen LogP contribution in [-0.2, 0) is 6.42 Å². The van der Waals surface area contributed by atoms with Crippen LogP contribution in [0.2, 0.25) is 0 Å². The summed E-state index contributed by atoms with van der Waals surface area (Å²) in [5.74, 6) is 1.56. The summed E-state index contributed by atoms with van der Waals surface area (Å²) in [5.41, 5.74) is 1.37. The SMILES string of the molecule is CN(CCN1CCNC1=C(C#N)C#N)c1occc1CC1CCCN1. The molecule has 1 unspecified atom stereocenters. The van der Waals surface area contributed by atoms with E-state index in [-0.39, 0.29) is 5.57 Å². The van der Waals surface area contributed by atoms with Gasteiger partial charge < -0.3 is 24.9 Å². The Morgan fingerprint density at radius 3 is 2.96 bits per heavy atom. The molecule has 2 aliphatic heterocycles. The van der Waals surface area contributed by atoms with Gasteiger partial charge in [0.1, 0.15) is 18.0 Å². The van der Waals surface area contributed by atoms with Crippen molar-refractivity contribution < 1.29 is 4.42 Å². The number of nitrogens with zero attached hydrogens (tertiary/aromatic N) is 4. The fraction of sp³-hybridized carbons (Fsp3) is 0.556. The number of furan rings is 1. The maximum absolute atomic E-state index is 9.08. The predicted octanol–water partition coefficient (Wildman–Crippen LogP) is 1.17. The zero-order valence-corrected chi connectivity index (χ0v) is 14.6. The van der Waals surface area contributed by atoms with Crippen LogP contribution in [0.4, 0.5) is 5.88 Å². The second-order valence-electron chi connectivity index (χ2n) is 6.53. The van der Waals surface area contributed by atoms with Gasteiger partial charge in [-0.25, -0.2) is 0 Å². The first-order valence-electron chi connectivity index (χ1n) is 8.77. The highest BCUT2D eigenvalue weighted by Gasteiger charge is 2.23. The zero-order valence-electron chi connectivity index (χ0n) is 14.6. The highest BCUT2D eigenvalue weighted by molar-refractivity contribution is 5.44. The molecule has 2 aliphatic rings. The molecule has 3 rings (SSSR count). The van der Waals surface area contributed by atoms with Crippen LogP contribution in [0.1, 0.15) is 18.4 Å². The van der Waals surface area contributed by atoms with Gasteiger partial charge in [-0.05, 0) is 31.9 Å². The third-order valence-electron chi connectivity index (χ3n) is 4.86. The smallest absolute Gasteiger partial charge is 0.198 e. The number of hydrogen-bond acceptors (Lipinski definition) is 7. The Morgan fingerprint density at radius 2 is 2.24 bits per heavy atom. The molecule has 0 radical (unpaired) electrons. The van der Waals surface area contributed by atoms with Crippen molar-refractivity contribution in [1.29, 1.82) is 10.5 Å². The normalized spacial score (nSPS) is 19.4. The van der Waals surface area contributed by atoms with Crippen LogP contribution >= 0.6 is 0 Å². The van der Waals surface area contributed by atoms with E-state index in [1.807, 2.05) is 19.2 Å². The fourth-order valence-corrected chi connectivity index (χ4v) is 3.52. The molecule has 7 heteroatoms. The maximum Gasteiger partial charge on any atom is 0.198 e. The predicted molar refractivity (Wildman–Crippen MR) is 94.5 cm³/mol. The summed E-state index contributed by atoms with van der Waals surface area (Å²) in [6.07, 6.45) is 5.19. The molecule has 0 amide bonds. The van der Waals surface area contributed by atoms with Crippen molar-refractivity contribution in [3.8, 4) is 12.1 Å². The molecule has 1 atom stereocenters. The van der Waals surface area contributed by atoms with Gasteiger partial charge in [0.2, 0.25) is 0 Å². The molecule has 0 aliphatic carbocycles. The van der Waals surface area contributed by atoms with E-state index in [0.29, 0.717) is 11.9 Å². The van der Waals surface area contributed by atoms with E-state index in [9.17, 15) is 0 Å². The van der Waals surface area contributed by atoms with Crippen molar-refractivity contribution in [3.63, 3.8) is 0 Å². The van der Waals surface area contributed by atoms with E-state index >= 15 is 0 Å². The quantitative estimate of drug-likeness (QED) is 0.751. The van der Waals surface area contributed by atoms with E-state index in [4.69, 9.17) is 14.9 Å². The molecule has 0 bridgehead atoms. The standard InChI is InChI=1S/C18H24N6O/c1-23(8-9-24-7-6-22-17(24)15(12-19)13-20)18-14(4-10-25-18)11-16-3-2-5-21-16/h4,10,16,21-22H,2-3,5-9,11H2,1H3. The van der Waals surface area contributed by atoms with E-state index in [1.165, 1.54) is 18.4 Å². The van der Waals surface area contributed by atoms with Crippen LogP contribution < -0.4 is 15.5 Å². The van der Waals surface area contributed by atoms with Crippen LogP contribution in [0.25, 0.3) is 0 Å². The highest BCUT2D eigenvalue weighted by atomic mass is 16.3. The molecule has 1 aromatic rings. The van der Waals surface area contributed by atoms with Crippen LogP contribution in [0, 0.1) is 22.7 Å². The molecule has 0 saturated carbocycles. The number of hydrogen-bond donors (Lipinski definition) is 2. The Labute approximate surface area is 148 Å². The topological polar surface area (TPSA) is 91.3 Å². The minimum Gasteiger partial charge on any atom is -0.449 e. The lowest BCUT2D eigenvalue weighted by molar-refractivity contribution is 0.396. The molecule has 2 N–H and O–H groups in total. The van der Waals surface area contributed by atoms with Gasteiger partial charge in [0.15, 0.2) is 11.5 Å². The van der Waals surface area contributed by atoms with Crippen molar-refractivity contribution >= 4 is 5.88 Å². The summed E-state index contributed by atoms with van der Waals surface area (Å²) in [6.45, 7) is 4.14. The summed E-state index contributed by atoms with van der Waals surface area (Å²) in [5, 5.41) is 24.8. The third kappa shape index (κ3) is 3.89. The number of allylic oxidation sites excluding steroid dienone is 1.